The first kappa shape index (κ1) is 12.6. The average Bonchev–Trinajstić information content (AvgIpc) is 3.06. The number of nitrogens with zero attached hydrogens (tertiary/aromatic N) is 1. The molecule has 3 rings (SSSR count). The van der Waals surface area contributed by atoms with Gasteiger partial charge in [0, 0.05) is 12.2 Å². The largest absolute Gasteiger partial charge is 0.467 e. The van der Waals surface area contributed by atoms with Crippen LogP contribution in [0.5, 0.6) is 0 Å². The van der Waals surface area contributed by atoms with Gasteiger partial charge >= 0.3 is 0 Å². The molecule has 0 saturated carbocycles. The molecule has 19 heavy (non-hydrogen) atoms. The summed E-state index contributed by atoms with van der Waals surface area (Å²) >= 11 is 1.70. The Bertz CT molecular complexity index is 502. The number of amides is 2. The molecule has 2 amide bonds. The predicted molar refractivity (Wildman–Crippen MR) is 71.3 cm³/mol. The second-order valence-electron chi connectivity index (χ2n) is 5.06. The van der Waals surface area contributed by atoms with E-state index in [4.69, 9.17) is 4.42 Å². The van der Waals surface area contributed by atoms with Crippen molar-refractivity contribution < 1.29 is 14.0 Å². The third kappa shape index (κ3) is 2.14. The van der Waals surface area contributed by atoms with Gasteiger partial charge in [-0.05, 0) is 25.5 Å². The summed E-state index contributed by atoms with van der Waals surface area (Å²) in [5.41, 5.74) is 0. The molecule has 6 heteroatoms. The van der Waals surface area contributed by atoms with Crippen molar-refractivity contribution >= 4 is 23.6 Å². The van der Waals surface area contributed by atoms with Gasteiger partial charge in [0.15, 0.2) is 0 Å². The Morgan fingerprint density at radius 1 is 1.68 bits per heavy atom. The van der Waals surface area contributed by atoms with Crippen LogP contribution in [0.1, 0.15) is 25.5 Å². The summed E-state index contributed by atoms with van der Waals surface area (Å²) in [6.07, 6.45) is 2.96. The molecule has 0 aromatic carbocycles. The van der Waals surface area contributed by atoms with E-state index in [9.17, 15) is 9.59 Å². The van der Waals surface area contributed by atoms with Gasteiger partial charge in [0.2, 0.25) is 11.8 Å². The second-order valence-corrected chi connectivity index (χ2v) is 6.56. The van der Waals surface area contributed by atoms with Crippen molar-refractivity contribution in [3.8, 4) is 0 Å². The molecule has 2 fully saturated rings. The first-order valence-corrected chi connectivity index (χ1v) is 7.35. The van der Waals surface area contributed by atoms with E-state index in [1.54, 1.807) is 29.0 Å². The van der Waals surface area contributed by atoms with Gasteiger partial charge in [-0.15, -0.1) is 11.8 Å². The molecule has 2 aliphatic heterocycles. The summed E-state index contributed by atoms with van der Waals surface area (Å²) in [5.74, 6) is 1.38. The van der Waals surface area contributed by atoms with Crippen molar-refractivity contribution in [1.82, 2.24) is 10.2 Å². The molecular formula is C13H16N2O3S. The van der Waals surface area contributed by atoms with Crippen LogP contribution in [0.2, 0.25) is 0 Å². The van der Waals surface area contributed by atoms with E-state index in [-0.39, 0.29) is 22.7 Å². The maximum absolute atomic E-state index is 12.2. The second kappa shape index (κ2) is 4.59. The van der Waals surface area contributed by atoms with Crippen molar-refractivity contribution in [2.45, 2.75) is 37.2 Å². The topological polar surface area (TPSA) is 62.6 Å². The van der Waals surface area contributed by atoms with Crippen LogP contribution in [0.25, 0.3) is 0 Å². The fourth-order valence-electron chi connectivity index (χ4n) is 2.72. The van der Waals surface area contributed by atoms with Crippen LogP contribution in [0, 0.1) is 0 Å². The maximum atomic E-state index is 12.2. The van der Waals surface area contributed by atoms with Crippen LogP contribution in [-0.4, -0.2) is 33.4 Å². The Morgan fingerprint density at radius 2 is 2.53 bits per heavy atom. The SMILES string of the molecule is C[C@]12CCC(=O)N1[C@@H](C(=O)NCc1ccco1)CS2. The van der Waals surface area contributed by atoms with Gasteiger partial charge in [0.25, 0.3) is 0 Å². The van der Waals surface area contributed by atoms with E-state index in [1.165, 1.54) is 0 Å². The summed E-state index contributed by atoms with van der Waals surface area (Å²) in [5, 5.41) is 2.84. The van der Waals surface area contributed by atoms with Crippen molar-refractivity contribution in [1.29, 1.82) is 0 Å². The molecular weight excluding hydrogens is 264 g/mol. The Balaban J connectivity index is 1.66. The standard InChI is InChI=1S/C13H16N2O3S/c1-13-5-4-11(16)15(13)10(8-19-13)12(17)14-7-9-3-2-6-18-9/h2-3,6,10H,4-5,7-8H2,1H3,(H,14,17)/t10-,13+/m1/s1. The van der Waals surface area contributed by atoms with Crippen molar-refractivity contribution in [3.63, 3.8) is 0 Å². The number of thioether (sulfide) groups is 1. The van der Waals surface area contributed by atoms with E-state index >= 15 is 0 Å². The quantitative estimate of drug-likeness (QED) is 0.908. The smallest absolute Gasteiger partial charge is 0.244 e. The number of fused-ring (bicyclic) bond motifs is 1. The Hall–Kier alpha value is -1.43. The van der Waals surface area contributed by atoms with E-state index in [0.29, 0.717) is 18.7 Å². The fourth-order valence-corrected chi connectivity index (χ4v) is 4.15. The molecule has 102 valence electrons. The lowest BCUT2D eigenvalue weighted by Gasteiger charge is -2.29. The Labute approximate surface area is 115 Å². The van der Waals surface area contributed by atoms with E-state index in [2.05, 4.69) is 5.32 Å². The number of carbonyl (C=O) groups excluding carboxylic acids is 2. The summed E-state index contributed by atoms with van der Waals surface area (Å²) < 4.78 is 5.17. The molecule has 1 aromatic rings. The van der Waals surface area contributed by atoms with Gasteiger partial charge in [-0.2, -0.15) is 0 Å². The third-order valence-electron chi connectivity index (χ3n) is 3.76. The van der Waals surface area contributed by atoms with Gasteiger partial charge in [-0.1, -0.05) is 0 Å². The van der Waals surface area contributed by atoms with Crippen LogP contribution in [0.4, 0.5) is 0 Å². The molecule has 2 aliphatic rings. The van der Waals surface area contributed by atoms with Gasteiger partial charge in [0.1, 0.15) is 11.8 Å². The zero-order chi connectivity index (χ0) is 13.5. The minimum Gasteiger partial charge on any atom is -0.467 e. The molecule has 0 unspecified atom stereocenters. The number of hydrogen-bond acceptors (Lipinski definition) is 4. The van der Waals surface area contributed by atoms with Crippen LogP contribution in [0.3, 0.4) is 0 Å². The molecule has 0 bridgehead atoms. The van der Waals surface area contributed by atoms with Gasteiger partial charge in [-0.3, -0.25) is 9.59 Å². The fraction of sp³-hybridized carbons (Fsp3) is 0.538. The minimum absolute atomic E-state index is 0.0886. The highest BCUT2D eigenvalue weighted by molar-refractivity contribution is 8.01. The zero-order valence-corrected chi connectivity index (χ0v) is 11.5. The lowest BCUT2D eigenvalue weighted by atomic mass is 10.2. The number of hydrogen-bond donors (Lipinski definition) is 1. The number of carbonyl (C=O) groups is 2. The van der Waals surface area contributed by atoms with E-state index in [1.807, 2.05) is 13.0 Å². The normalized spacial score (nSPS) is 29.6. The van der Waals surface area contributed by atoms with Gasteiger partial charge in [0.05, 0.1) is 17.7 Å². The van der Waals surface area contributed by atoms with Gasteiger partial charge < -0.3 is 14.6 Å². The van der Waals surface area contributed by atoms with Crippen LogP contribution < -0.4 is 5.32 Å². The first-order chi connectivity index (χ1) is 9.10. The van der Waals surface area contributed by atoms with Crippen LogP contribution in [-0.2, 0) is 16.1 Å². The van der Waals surface area contributed by atoms with Crippen molar-refractivity contribution in [2.24, 2.45) is 0 Å². The Kier molecular flexibility index (Phi) is 3.05. The molecule has 5 nitrogen and oxygen atoms in total. The predicted octanol–water partition coefficient (Wildman–Crippen LogP) is 1.35. The lowest BCUT2D eigenvalue weighted by Crippen LogP contribution is -2.49. The summed E-state index contributed by atoms with van der Waals surface area (Å²) in [7, 11) is 0. The van der Waals surface area contributed by atoms with Crippen molar-refractivity contribution in [3.05, 3.63) is 24.2 Å². The summed E-state index contributed by atoms with van der Waals surface area (Å²) in [6.45, 7) is 2.41. The highest BCUT2D eigenvalue weighted by Crippen LogP contribution is 2.47. The average molecular weight is 280 g/mol. The van der Waals surface area contributed by atoms with Crippen LogP contribution in [0.15, 0.2) is 22.8 Å². The van der Waals surface area contributed by atoms with E-state index in [0.717, 1.165) is 12.2 Å². The number of rotatable bonds is 3. The highest BCUT2D eigenvalue weighted by Gasteiger charge is 2.52. The number of nitrogens with one attached hydrogen (secondary N) is 1. The molecule has 0 aliphatic carbocycles. The molecule has 3 heterocycles. The molecule has 1 N–H and O–H groups in total. The lowest BCUT2D eigenvalue weighted by molar-refractivity contribution is -0.138. The molecule has 0 radical (unpaired) electrons. The van der Waals surface area contributed by atoms with Crippen LogP contribution >= 0.6 is 11.8 Å². The molecule has 2 saturated heterocycles. The minimum atomic E-state index is -0.347. The molecule has 0 spiro atoms. The third-order valence-corrected chi connectivity index (χ3v) is 5.27. The van der Waals surface area contributed by atoms with Gasteiger partial charge in [-0.25, -0.2) is 0 Å². The number of furan rings is 1. The monoisotopic (exact) mass is 280 g/mol. The zero-order valence-electron chi connectivity index (χ0n) is 10.7. The van der Waals surface area contributed by atoms with E-state index < -0.39 is 0 Å². The summed E-state index contributed by atoms with van der Waals surface area (Å²) in [6, 6.07) is 3.25. The Morgan fingerprint density at radius 3 is 3.26 bits per heavy atom. The van der Waals surface area contributed by atoms with Crippen molar-refractivity contribution in [2.75, 3.05) is 5.75 Å². The highest BCUT2D eigenvalue weighted by atomic mass is 32.2. The molecule has 1 aromatic heterocycles. The molecule has 2 atom stereocenters. The first-order valence-electron chi connectivity index (χ1n) is 6.36. The maximum Gasteiger partial charge on any atom is 0.244 e. The summed E-state index contributed by atoms with van der Waals surface area (Å²) in [4.78, 5) is 25.7.